The second-order valence-electron chi connectivity index (χ2n) is 7.40. The summed E-state index contributed by atoms with van der Waals surface area (Å²) in [4.78, 5) is 22.6. The van der Waals surface area contributed by atoms with E-state index in [0.29, 0.717) is 33.7 Å². The molecule has 4 aromatic rings. The highest BCUT2D eigenvalue weighted by atomic mass is 35.5. The number of aromatic nitrogens is 3. The number of halogens is 2. The number of amides is 1. The van der Waals surface area contributed by atoms with Gasteiger partial charge in [-0.05, 0) is 60.9 Å². The SMILES string of the molecule is CCC(C(=O)Nc1cc(Cl)ccc1C)n1c(SCc2ccc(F)cc2)nc2cccnc21. The van der Waals surface area contributed by atoms with Gasteiger partial charge < -0.3 is 5.32 Å². The van der Waals surface area contributed by atoms with Gasteiger partial charge in [0.2, 0.25) is 5.91 Å². The molecule has 1 unspecified atom stereocenters. The fourth-order valence-corrected chi connectivity index (χ4v) is 4.63. The van der Waals surface area contributed by atoms with Crippen molar-refractivity contribution in [2.45, 2.75) is 37.2 Å². The Hall–Kier alpha value is -2.90. The number of nitrogens with one attached hydrogen (secondary N) is 1. The lowest BCUT2D eigenvalue weighted by atomic mass is 10.1. The van der Waals surface area contributed by atoms with Crippen LogP contribution in [0, 0.1) is 12.7 Å². The highest BCUT2D eigenvalue weighted by Crippen LogP contribution is 2.31. The van der Waals surface area contributed by atoms with Gasteiger partial charge in [0.05, 0.1) is 0 Å². The van der Waals surface area contributed by atoms with Crippen LogP contribution in [0.2, 0.25) is 5.02 Å². The number of hydrogen-bond acceptors (Lipinski definition) is 4. The third-order valence-corrected chi connectivity index (χ3v) is 6.42. The third-order valence-electron chi connectivity index (χ3n) is 5.16. The van der Waals surface area contributed by atoms with Gasteiger partial charge in [-0.2, -0.15) is 0 Å². The number of pyridine rings is 1. The molecule has 0 saturated carbocycles. The van der Waals surface area contributed by atoms with Crippen molar-refractivity contribution in [3.05, 3.63) is 82.8 Å². The average Bonchev–Trinajstić information content (AvgIpc) is 3.15. The van der Waals surface area contributed by atoms with Crippen LogP contribution in [-0.2, 0) is 10.5 Å². The molecule has 0 aliphatic carbocycles. The molecule has 1 N–H and O–H groups in total. The summed E-state index contributed by atoms with van der Waals surface area (Å²) in [7, 11) is 0. The molecule has 0 saturated heterocycles. The fourth-order valence-electron chi connectivity index (χ4n) is 3.45. The minimum Gasteiger partial charge on any atom is -0.324 e. The lowest BCUT2D eigenvalue weighted by Gasteiger charge is -2.20. The second-order valence-corrected chi connectivity index (χ2v) is 8.78. The van der Waals surface area contributed by atoms with Crippen molar-refractivity contribution in [1.82, 2.24) is 14.5 Å². The predicted molar refractivity (Wildman–Crippen MR) is 128 cm³/mol. The Kier molecular flexibility index (Phi) is 6.77. The van der Waals surface area contributed by atoms with Crippen molar-refractivity contribution in [3.63, 3.8) is 0 Å². The first-order valence-corrected chi connectivity index (χ1v) is 11.6. The maximum atomic E-state index is 13.3. The zero-order valence-corrected chi connectivity index (χ0v) is 19.3. The highest BCUT2D eigenvalue weighted by Gasteiger charge is 2.25. The van der Waals surface area contributed by atoms with E-state index in [1.165, 1.54) is 23.9 Å². The van der Waals surface area contributed by atoms with Crippen LogP contribution in [0.1, 0.15) is 30.5 Å². The first-order chi connectivity index (χ1) is 15.5. The third kappa shape index (κ3) is 4.79. The molecular formula is C24H22ClFN4OS. The van der Waals surface area contributed by atoms with E-state index >= 15 is 0 Å². The van der Waals surface area contributed by atoms with Gasteiger partial charge >= 0.3 is 0 Å². The fraction of sp³-hybridized carbons (Fsp3) is 0.208. The summed E-state index contributed by atoms with van der Waals surface area (Å²) in [5, 5.41) is 4.26. The smallest absolute Gasteiger partial charge is 0.247 e. The number of nitrogens with zero attached hydrogens (tertiary/aromatic N) is 3. The van der Waals surface area contributed by atoms with E-state index in [0.717, 1.165) is 16.6 Å². The zero-order valence-electron chi connectivity index (χ0n) is 17.7. The summed E-state index contributed by atoms with van der Waals surface area (Å²) in [5.74, 6) is 0.162. The lowest BCUT2D eigenvalue weighted by Crippen LogP contribution is -2.26. The second kappa shape index (κ2) is 9.71. The van der Waals surface area contributed by atoms with Crippen molar-refractivity contribution in [3.8, 4) is 0 Å². The maximum absolute atomic E-state index is 13.3. The summed E-state index contributed by atoms with van der Waals surface area (Å²) < 4.78 is 15.1. The minimum atomic E-state index is -0.510. The van der Waals surface area contributed by atoms with E-state index in [1.54, 1.807) is 30.5 Å². The molecule has 4 rings (SSSR count). The number of imidazole rings is 1. The molecule has 2 heterocycles. The largest absolute Gasteiger partial charge is 0.324 e. The van der Waals surface area contributed by atoms with Gasteiger partial charge in [0, 0.05) is 22.7 Å². The number of aryl methyl sites for hydroxylation is 1. The van der Waals surface area contributed by atoms with Crippen LogP contribution in [0.5, 0.6) is 0 Å². The normalized spacial score (nSPS) is 12.1. The summed E-state index contributed by atoms with van der Waals surface area (Å²) >= 11 is 7.62. The molecule has 0 aliphatic rings. The van der Waals surface area contributed by atoms with Gasteiger partial charge in [-0.15, -0.1) is 0 Å². The molecule has 164 valence electrons. The van der Waals surface area contributed by atoms with E-state index in [9.17, 15) is 9.18 Å². The summed E-state index contributed by atoms with van der Waals surface area (Å²) in [5.41, 5.74) is 3.95. The van der Waals surface area contributed by atoms with Gasteiger partial charge in [0.25, 0.3) is 0 Å². The van der Waals surface area contributed by atoms with Crippen molar-refractivity contribution < 1.29 is 9.18 Å². The van der Waals surface area contributed by atoms with E-state index in [2.05, 4.69) is 10.3 Å². The molecule has 1 amide bonds. The zero-order chi connectivity index (χ0) is 22.7. The summed E-state index contributed by atoms with van der Waals surface area (Å²) in [6.45, 7) is 3.88. The number of benzene rings is 2. The number of hydrogen-bond donors (Lipinski definition) is 1. The Morgan fingerprint density at radius 2 is 2.00 bits per heavy atom. The van der Waals surface area contributed by atoms with Gasteiger partial charge in [-0.3, -0.25) is 9.36 Å². The topological polar surface area (TPSA) is 59.8 Å². The van der Waals surface area contributed by atoms with Crippen LogP contribution in [0.4, 0.5) is 10.1 Å². The molecular weight excluding hydrogens is 447 g/mol. The van der Waals surface area contributed by atoms with Crippen LogP contribution >= 0.6 is 23.4 Å². The summed E-state index contributed by atoms with van der Waals surface area (Å²) in [6, 6.07) is 15.0. The van der Waals surface area contributed by atoms with Crippen molar-refractivity contribution in [1.29, 1.82) is 0 Å². The highest BCUT2D eigenvalue weighted by molar-refractivity contribution is 7.98. The van der Waals surface area contributed by atoms with Crippen LogP contribution in [-0.4, -0.2) is 20.4 Å². The molecule has 0 aliphatic heterocycles. The van der Waals surface area contributed by atoms with E-state index < -0.39 is 6.04 Å². The Morgan fingerprint density at radius 3 is 2.75 bits per heavy atom. The lowest BCUT2D eigenvalue weighted by molar-refractivity contribution is -0.119. The van der Waals surface area contributed by atoms with Crippen LogP contribution in [0.25, 0.3) is 11.2 Å². The number of rotatable bonds is 7. The molecule has 0 fully saturated rings. The van der Waals surface area contributed by atoms with Gasteiger partial charge in [-0.1, -0.05) is 48.5 Å². The van der Waals surface area contributed by atoms with Crippen LogP contribution in [0.3, 0.4) is 0 Å². The van der Waals surface area contributed by atoms with Gasteiger partial charge in [0.1, 0.15) is 17.4 Å². The molecule has 8 heteroatoms. The quantitative estimate of drug-likeness (QED) is 0.318. The number of thioether (sulfide) groups is 1. The Balaban J connectivity index is 1.67. The average molecular weight is 469 g/mol. The van der Waals surface area contributed by atoms with Gasteiger partial charge in [-0.25, -0.2) is 14.4 Å². The van der Waals surface area contributed by atoms with E-state index in [4.69, 9.17) is 16.6 Å². The van der Waals surface area contributed by atoms with E-state index in [-0.39, 0.29) is 11.7 Å². The molecule has 0 bridgehead atoms. The van der Waals surface area contributed by atoms with Crippen molar-refractivity contribution in [2.24, 2.45) is 0 Å². The number of carbonyl (C=O) groups excluding carboxylic acids is 1. The van der Waals surface area contributed by atoms with Crippen molar-refractivity contribution >= 4 is 46.1 Å². The number of fused-ring (bicyclic) bond motifs is 1. The first-order valence-electron chi connectivity index (χ1n) is 10.2. The molecule has 0 spiro atoms. The van der Waals surface area contributed by atoms with Crippen LogP contribution < -0.4 is 5.32 Å². The first kappa shape index (κ1) is 22.3. The standard InChI is InChI=1S/C24H22ClFN4OS/c1-3-21(23(31)28-20-13-17(25)9-6-15(20)2)30-22-19(5-4-12-27-22)29-24(30)32-14-16-7-10-18(26)11-8-16/h4-13,21H,3,14H2,1-2H3,(H,28,31). The van der Waals surface area contributed by atoms with Crippen LogP contribution in [0.15, 0.2) is 66.0 Å². The summed E-state index contributed by atoms with van der Waals surface area (Å²) in [6.07, 6.45) is 2.25. The molecule has 0 radical (unpaired) electrons. The Bertz CT molecular complexity index is 1260. The van der Waals surface area contributed by atoms with Crippen molar-refractivity contribution in [2.75, 3.05) is 5.32 Å². The Morgan fingerprint density at radius 1 is 1.22 bits per heavy atom. The number of carbonyl (C=O) groups is 1. The molecule has 5 nitrogen and oxygen atoms in total. The minimum absolute atomic E-state index is 0.161. The van der Waals surface area contributed by atoms with Gasteiger partial charge in [0.15, 0.2) is 10.8 Å². The molecule has 2 aromatic carbocycles. The monoisotopic (exact) mass is 468 g/mol. The molecule has 2 aromatic heterocycles. The Labute approximate surface area is 195 Å². The maximum Gasteiger partial charge on any atom is 0.247 e. The number of anilines is 1. The molecule has 32 heavy (non-hydrogen) atoms. The molecule has 1 atom stereocenters. The van der Waals surface area contributed by atoms with E-state index in [1.807, 2.05) is 36.6 Å². The predicted octanol–water partition coefficient (Wildman–Crippen LogP) is 6.41.